The van der Waals surface area contributed by atoms with Gasteiger partial charge in [0.05, 0.1) is 5.69 Å². The fraction of sp³-hybridized carbons (Fsp3) is 0.333. The molecule has 0 unspecified atom stereocenters. The quantitative estimate of drug-likeness (QED) is 0.622. The fourth-order valence-electron chi connectivity index (χ4n) is 1.97. The summed E-state index contributed by atoms with van der Waals surface area (Å²) >= 11 is 4.89. The number of fused-ring (bicyclic) bond motifs is 1. The maximum atomic E-state index is 12.2. The van der Waals surface area contributed by atoms with Gasteiger partial charge in [0.25, 0.3) is 5.56 Å². The third kappa shape index (κ3) is 4.13. The molecule has 0 aliphatic rings. The Kier molecular flexibility index (Phi) is 5.34. The summed E-state index contributed by atoms with van der Waals surface area (Å²) in [6.07, 6.45) is 2.93. The molecule has 8 heteroatoms. The first-order chi connectivity index (χ1) is 11.2. The Labute approximate surface area is 146 Å². The van der Waals surface area contributed by atoms with Crippen LogP contribution in [0.4, 0.5) is 0 Å². The van der Waals surface area contributed by atoms with Crippen LogP contribution >= 0.6 is 34.9 Å². The molecular formula is C15H16N4OS3. The van der Waals surface area contributed by atoms with Crippen molar-refractivity contribution in [3.8, 4) is 0 Å². The fourth-order valence-corrected chi connectivity index (χ4v) is 4.81. The number of nitrogens with zero attached hydrogens (tertiary/aromatic N) is 4. The van der Waals surface area contributed by atoms with Crippen molar-refractivity contribution in [2.45, 2.75) is 34.7 Å². The molecule has 0 aliphatic carbocycles. The number of pyridine rings is 1. The highest BCUT2D eigenvalue weighted by Crippen LogP contribution is 2.30. The van der Waals surface area contributed by atoms with Gasteiger partial charge < -0.3 is 0 Å². The third-order valence-electron chi connectivity index (χ3n) is 3.02. The van der Waals surface area contributed by atoms with E-state index in [4.69, 9.17) is 0 Å². The highest BCUT2D eigenvalue weighted by atomic mass is 32.2. The van der Waals surface area contributed by atoms with Gasteiger partial charge in [-0.15, -0.1) is 10.2 Å². The van der Waals surface area contributed by atoms with Gasteiger partial charge in [-0.05, 0) is 25.0 Å². The van der Waals surface area contributed by atoms with Crippen LogP contribution in [0.2, 0.25) is 0 Å². The summed E-state index contributed by atoms with van der Waals surface area (Å²) in [6.45, 7) is 4.11. The number of rotatable bonds is 6. The van der Waals surface area contributed by atoms with Crippen molar-refractivity contribution < 1.29 is 0 Å². The first kappa shape index (κ1) is 16.5. The van der Waals surface area contributed by atoms with Crippen molar-refractivity contribution in [3.05, 3.63) is 46.0 Å². The van der Waals surface area contributed by atoms with Gasteiger partial charge in [-0.2, -0.15) is 0 Å². The number of hydrogen-bond acceptors (Lipinski definition) is 7. The molecular weight excluding hydrogens is 348 g/mol. The summed E-state index contributed by atoms with van der Waals surface area (Å²) in [6, 6.07) is 5.42. The van der Waals surface area contributed by atoms with Gasteiger partial charge in [0.1, 0.15) is 5.65 Å². The predicted molar refractivity (Wildman–Crippen MR) is 96.7 cm³/mol. The largest absolute Gasteiger partial charge is 0.269 e. The van der Waals surface area contributed by atoms with Crippen molar-refractivity contribution in [3.63, 3.8) is 0 Å². The summed E-state index contributed by atoms with van der Waals surface area (Å²) in [5.41, 5.74) is 2.43. The highest BCUT2D eigenvalue weighted by Gasteiger charge is 2.08. The van der Waals surface area contributed by atoms with Crippen molar-refractivity contribution in [1.29, 1.82) is 0 Å². The monoisotopic (exact) mass is 364 g/mol. The summed E-state index contributed by atoms with van der Waals surface area (Å²) in [5.74, 6) is 1.68. The van der Waals surface area contributed by atoms with E-state index in [0.717, 1.165) is 32.1 Å². The standard InChI is InChI=1S/C15H16N4OS3/c1-3-6-21-14-17-18-15(23-14)22-9-11-7-13(20)19-8-10(2)4-5-12(19)16-11/h4-5,7-8H,3,6,9H2,1-2H3. The van der Waals surface area contributed by atoms with Gasteiger partial charge in [0, 0.05) is 23.8 Å². The van der Waals surface area contributed by atoms with E-state index in [2.05, 4.69) is 22.1 Å². The minimum atomic E-state index is -0.0502. The second-order valence-electron chi connectivity index (χ2n) is 4.99. The van der Waals surface area contributed by atoms with Crippen LogP contribution in [0, 0.1) is 6.92 Å². The second-order valence-corrected chi connectivity index (χ2v) is 8.53. The molecule has 0 aliphatic heterocycles. The van der Waals surface area contributed by atoms with E-state index >= 15 is 0 Å². The predicted octanol–water partition coefficient (Wildman–Crippen LogP) is 3.65. The first-order valence-corrected chi connectivity index (χ1v) is 10.0. The zero-order chi connectivity index (χ0) is 16.2. The molecule has 0 N–H and O–H groups in total. The van der Waals surface area contributed by atoms with Crippen LogP contribution < -0.4 is 5.56 Å². The zero-order valence-corrected chi connectivity index (χ0v) is 15.3. The van der Waals surface area contributed by atoms with Crippen molar-refractivity contribution in [2.24, 2.45) is 0 Å². The molecule has 3 aromatic rings. The van der Waals surface area contributed by atoms with E-state index in [1.54, 1.807) is 45.3 Å². The number of aryl methyl sites for hydroxylation is 1. The topological polar surface area (TPSA) is 60.2 Å². The van der Waals surface area contributed by atoms with Crippen LogP contribution in [0.25, 0.3) is 5.65 Å². The van der Waals surface area contributed by atoms with Crippen LogP contribution in [0.5, 0.6) is 0 Å². The Bertz CT molecular complexity index is 875. The Morgan fingerprint density at radius 1 is 1.22 bits per heavy atom. The highest BCUT2D eigenvalue weighted by molar-refractivity contribution is 8.02. The van der Waals surface area contributed by atoms with Crippen LogP contribution in [-0.2, 0) is 5.75 Å². The average molecular weight is 365 g/mol. The van der Waals surface area contributed by atoms with Crippen LogP contribution in [0.15, 0.2) is 37.9 Å². The molecule has 23 heavy (non-hydrogen) atoms. The Balaban J connectivity index is 1.73. The van der Waals surface area contributed by atoms with Crippen LogP contribution in [0.1, 0.15) is 24.6 Å². The van der Waals surface area contributed by atoms with Gasteiger partial charge in [-0.25, -0.2) is 4.98 Å². The molecule has 120 valence electrons. The molecule has 5 nitrogen and oxygen atoms in total. The smallest absolute Gasteiger partial charge is 0.258 e. The van der Waals surface area contributed by atoms with Gasteiger partial charge in [0.15, 0.2) is 8.68 Å². The normalized spacial score (nSPS) is 11.2. The van der Waals surface area contributed by atoms with Gasteiger partial charge in [-0.1, -0.05) is 47.9 Å². The average Bonchev–Trinajstić information content (AvgIpc) is 2.99. The van der Waals surface area contributed by atoms with E-state index in [1.165, 1.54) is 0 Å². The lowest BCUT2D eigenvalue weighted by Gasteiger charge is -2.04. The Hall–Kier alpha value is -1.38. The van der Waals surface area contributed by atoms with Gasteiger partial charge >= 0.3 is 0 Å². The number of thioether (sulfide) groups is 2. The molecule has 0 saturated carbocycles. The molecule has 0 atom stereocenters. The molecule has 0 spiro atoms. The van der Waals surface area contributed by atoms with E-state index in [9.17, 15) is 4.79 Å². The summed E-state index contributed by atoms with van der Waals surface area (Å²) in [4.78, 5) is 16.7. The van der Waals surface area contributed by atoms with Crippen molar-refractivity contribution in [2.75, 3.05) is 5.75 Å². The van der Waals surface area contributed by atoms with E-state index in [1.807, 2.05) is 25.3 Å². The minimum absolute atomic E-state index is 0.0502. The van der Waals surface area contributed by atoms with Gasteiger partial charge in [0.2, 0.25) is 0 Å². The molecule has 0 bridgehead atoms. The molecule has 3 aromatic heterocycles. The van der Waals surface area contributed by atoms with E-state index < -0.39 is 0 Å². The summed E-state index contributed by atoms with van der Waals surface area (Å²) in [7, 11) is 0. The minimum Gasteiger partial charge on any atom is -0.269 e. The zero-order valence-electron chi connectivity index (χ0n) is 12.9. The Morgan fingerprint density at radius 2 is 2.00 bits per heavy atom. The number of hydrogen-bond donors (Lipinski definition) is 0. The Morgan fingerprint density at radius 3 is 2.78 bits per heavy atom. The van der Waals surface area contributed by atoms with Crippen LogP contribution in [0.3, 0.4) is 0 Å². The summed E-state index contributed by atoms with van der Waals surface area (Å²) in [5, 5.41) is 8.35. The maximum Gasteiger partial charge on any atom is 0.258 e. The van der Waals surface area contributed by atoms with Crippen molar-refractivity contribution >= 4 is 40.5 Å². The molecule has 0 fully saturated rings. The lowest BCUT2D eigenvalue weighted by molar-refractivity contribution is 0.951. The van der Waals surface area contributed by atoms with E-state index in [-0.39, 0.29) is 5.56 Å². The molecule has 0 amide bonds. The lowest BCUT2D eigenvalue weighted by atomic mass is 10.3. The number of aromatic nitrogens is 4. The van der Waals surface area contributed by atoms with Crippen LogP contribution in [-0.4, -0.2) is 25.3 Å². The van der Waals surface area contributed by atoms with E-state index in [0.29, 0.717) is 11.4 Å². The SMILES string of the molecule is CCCSc1nnc(SCc2cc(=O)n3cc(C)ccc3n2)s1. The first-order valence-electron chi connectivity index (χ1n) is 7.24. The maximum absolute atomic E-state index is 12.2. The molecule has 3 heterocycles. The third-order valence-corrected chi connectivity index (χ3v) is 6.45. The molecule has 0 aromatic carbocycles. The van der Waals surface area contributed by atoms with Crippen molar-refractivity contribution in [1.82, 2.24) is 19.6 Å². The molecule has 3 rings (SSSR count). The lowest BCUT2D eigenvalue weighted by Crippen LogP contribution is -2.15. The molecule has 0 saturated heterocycles. The molecule has 0 radical (unpaired) electrons. The summed E-state index contributed by atoms with van der Waals surface area (Å²) < 4.78 is 3.49. The second kappa shape index (κ2) is 7.46. The van der Waals surface area contributed by atoms with Gasteiger partial charge in [-0.3, -0.25) is 9.20 Å².